The van der Waals surface area contributed by atoms with E-state index < -0.39 is 0 Å². The highest BCUT2D eigenvalue weighted by molar-refractivity contribution is 6.85. The Kier molecular flexibility index (Phi) is 3.67. The van der Waals surface area contributed by atoms with Crippen LogP contribution in [0.1, 0.15) is 62.3 Å². The average molecular weight is 233 g/mol. The van der Waals surface area contributed by atoms with Crippen LogP contribution in [0.4, 0.5) is 0 Å². The molecule has 0 bridgehead atoms. The van der Waals surface area contributed by atoms with Gasteiger partial charge in [-0.3, -0.25) is 0 Å². The summed E-state index contributed by atoms with van der Waals surface area (Å²) in [5, 5.41) is 0.591. The number of rotatable bonds is 0. The quantitative estimate of drug-likeness (QED) is 0.563. The molecule has 0 aliphatic carbocycles. The van der Waals surface area contributed by atoms with Gasteiger partial charge in [0.25, 0.3) is 0 Å². The maximum atomic E-state index is 2.69. The molecule has 0 aromatic rings. The molecule has 1 heterocycles. The van der Waals surface area contributed by atoms with E-state index in [1.54, 1.807) is 0 Å². The molecule has 1 aliphatic rings. The molecule has 1 rings (SSSR count). The summed E-state index contributed by atoms with van der Waals surface area (Å²) in [5.74, 6) is 4.84. The van der Waals surface area contributed by atoms with E-state index in [0.717, 1.165) is 0 Å². The number of hydrogen-bond acceptors (Lipinski definition) is 1. The van der Waals surface area contributed by atoms with Crippen molar-refractivity contribution in [3.8, 4) is 0 Å². The van der Waals surface area contributed by atoms with Gasteiger partial charge in [-0.1, -0.05) is 41.5 Å². The molecule has 0 fully saturated rings. The third kappa shape index (κ3) is 3.19. The molecule has 0 atom stereocenters. The fraction of sp³-hybridized carbons (Fsp3) is 0.857. The van der Waals surface area contributed by atoms with Gasteiger partial charge in [0.1, 0.15) is 0 Å². The first-order valence-corrected chi connectivity index (χ1v) is 6.82. The normalized spacial score (nSPS) is 19.4. The van der Waals surface area contributed by atoms with Crippen LogP contribution in [0.15, 0.2) is 12.0 Å². The van der Waals surface area contributed by atoms with Crippen molar-refractivity contribution in [2.75, 3.05) is 0 Å². The van der Waals surface area contributed by atoms with E-state index in [4.69, 9.17) is 0 Å². The summed E-state index contributed by atoms with van der Waals surface area (Å²) in [7, 11) is 0. The Bertz CT molecular complexity index is 278. The Balaban J connectivity index is 3.12. The summed E-state index contributed by atoms with van der Waals surface area (Å²) >= 11 is 0. The van der Waals surface area contributed by atoms with Gasteiger partial charge in [0.2, 0.25) is 13.7 Å². The van der Waals surface area contributed by atoms with E-state index >= 15 is 0 Å². The largest absolute Gasteiger partial charge is 0.371 e. The summed E-state index contributed by atoms with van der Waals surface area (Å²) in [4.78, 5) is 0. The molecule has 0 unspecified atom stereocenters. The molecule has 1 nitrogen and oxygen atoms in total. The lowest BCUT2D eigenvalue weighted by Gasteiger charge is -2.47. The molecule has 0 aromatic heterocycles. The molecule has 0 spiro atoms. The molecular weight excluding hydrogens is 204 g/mol. The molecule has 96 valence electrons. The third-order valence-electron chi connectivity index (χ3n) is 3.62. The minimum absolute atomic E-state index is 0.208. The zero-order chi connectivity index (χ0) is 13.6. The number of nitrogens with zero attached hydrogens (tertiary/aromatic N) is 1. The third-order valence-corrected chi connectivity index (χ3v) is 3.62. The highest BCUT2D eigenvalue weighted by atomic mass is 15.1. The molecule has 0 N–H and O–H groups in total. The van der Waals surface area contributed by atoms with E-state index in [2.05, 4.69) is 79.0 Å². The Labute approximate surface area is 109 Å². The van der Waals surface area contributed by atoms with Crippen molar-refractivity contribution in [3.63, 3.8) is 0 Å². The van der Waals surface area contributed by atoms with Crippen molar-refractivity contribution in [2.45, 2.75) is 78.5 Å². The van der Waals surface area contributed by atoms with Crippen molar-refractivity contribution in [1.82, 2.24) is 4.72 Å². The highest BCUT2D eigenvalue weighted by Gasteiger charge is 2.49. The van der Waals surface area contributed by atoms with Gasteiger partial charge in [-0.15, -0.1) is 12.0 Å². The topological polar surface area (TPSA) is 3.24 Å². The predicted octanol–water partition coefficient (Wildman–Crippen LogP) is 4.32. The van der Waals surface area contributed by atoms with E-state index in [0.29, 0.717) is 24.3 Å². The van der Waals surface area contributed by atoms with Gasteiger partial charge in [0, 0.05) is 0 Å². The summed E-state index contributed by atoms with van der Waals surface area (Å²) < 4.78 is 2.69. The van der Waals surface area contributed by atoms with Crippen LogP contribution in [-0.2, 0) is 0 Å². The zero-order valence-electron chi connectivity index (χ0n) is 13.3. The average Bonchev–Trinajstić information content (AvgIpc) is 2.42. The first-order chi connectivity index (χ1) is 7.35. The first-order valence-electron chi connectivity index (χ1n) is 6.82. The summed E-state index contributed by atoms with van der Waals surface area (Å²) in [6.45, 7) is 22.1. The van der Waals surface area contributed by atoms with E-state index in [1.165, 1.54) is 0 Å². The summed E-state index contributed by atoms with van der Waals surface area (Å²) in [6, 6.07) is 0. The van der Waals surface area contributed by atoms with Crippen LogP contribution in [-0.4, -0.2) is 24.0 Å². The van der Waals surface area contributed by atoms with Crippen LogP contribution in [0.25, 0.3) is 0 Å². The lowest BCUT2D eigenvalue weighted by molar-refractivity contribution is 0.347. The van der Waals surface area contributed by atoms with Gasteiger partial charge in [0.15, 0.2) is 0 Å². The Hall–Kier alpha value is -0.170. The molecule has 0 aromatic carbocycles. The van der Waals surface area contributed by atoms with Gasteiger partial charge in [-0.05, 0) is 36.9 Å². The smallest absolute Gasteiger partial charge is 0.244 e. The van der Waals surface area contributed by atoms with E-state index in [-0.39, 0.29) is 5.54 Å². The van der Waals surface area contributed by atoms with Crippen molar-refractivity contribution in [3.05, 3.63) is 12.0 Å². The standard InChI is InChI=1S/C14H29B2N/c1-12(2,3)15-10-11-16(13(4,5)6)17(15)14(7,8)9/h10-11H,1-9H3. The molecule has 0 saturated heterocycles. The Morgan fingerprint density at radius 3 is 1.12 bits per heavy atom. The van der Waals surface area contributed by atoms with Crippen molar-refractivity contribution >= 4 is 13.7 Å². The lowest BCUT2D eigenvalue weighted by Crippen LogP contribution is -2.59. The van der Waals surface area contributed by atoms with Crippen molar-refractivity contribution in [2.24, 2.45) is 0 Å². The molecule has 0 saturated carbocycles. The fourth-order valence-electron chi connectivity index (χ4n) is 2.82. The minimum Gasteiger partial charge on any atom is -0.371 e. The van der Waals surface area contributed by atoms with Gasteiger partial charge < -0.3 is 4.72 Å². The second-order valence-electron chi connectivity index (χ2n) is 8.58. The molecule has 1 aliphatic heterocycles. The van der Waals surface area contributed by atoms with E-state index in [1.807, 2.05) is 0 Å². The van der Waals surface area contributed by atoms with Crippen LogP contribution < -0.4 is 0 Å². The molecule has 3 heteroatoms. The van der Waals surface area contributed by atoms with Crippen LogP contribution in [0.3, 0.4) is 0 Å². The maximum absolute atomic E-state index is 2.69. The molecular formula is C14H29B2N. The van der Waals surface area contributed by atoms with Crippen molar-refractivity contribution < 1.29 is 0 Å². The van der Waals surface area contributed by atoms with Crippen LogP contribution >= 0.6 is 0 Å². The predicted molar refractivity (Wildman–Crippen MR) is 81.7 cm³/mol. The SMILES string of the molecule is CC(C)(C)B1C=CB(C(C)(C)C)N1C(C)(C)C. The number of hydrogen-bond donors (Lipinski definition) is 0. The van der Waals surface area contributed by atoms with Gasteiger partial charge >= 0.3 is 0 Å². The van der Waals surface area contributed by atoms with Crippen LogP contribution in [0, 0.1) is 0 Å². The fourth-order valence-corrected chi connectivity index (χ4v) is 2.82. The second-order valence-corrected chi connectivity index (χ2v) is 8.58. The van der Waals surface area contributed by atoms with Gasteiger partial charge in [-0.2, -0.15) is 0 Å². The van der Waals surface area contributed by atoms with Crippen LogP contribution in [0.2, 0.25) is 10.6 Å². The second kappa shape index (κ2) is 4.19. The van der Waals surface area contributed by atoms with Gasteiger partial charge in [-0.25, -0.2) is 0 Å². The Morgan fingerprint density at radius 2 is 0.941 bits per heavy atom. The minimum atomic E-state index is 0.208. The lowest BCUT2D eigenvalue weighted by atomic mass is 9.36. The molecule has 17 heavy (non-hydrogen) atoms. The van der Waals surface area contributed by atoms with Crippen molar-refractivity contribution in [1.29, 1.82) is 0 Å². The van der Waals surface area contributed by atoms with E-state index in [9.17, 15) is 0 Å². The summed E-state index contributed by atoms with van der Waals surface area (Å²) in [5.41, 5.74) is 0.208. The summed E-state index contributed by atoms with van der Waals surface area (Å²) in [6.07, 6.45) is 0. The Morgan fingerprint density at radius 1 is 0.647 bits per heavy atom. The zero-order valence-corrected chi connectivity index (χ0v) is 13.3. The van der Waals surface area contributed by atoms with Crippen LogP contribution in [0.5, 0.6) is 0 Å². The highest BCUT2D eigenvalue weighted by Crippen LogP contribution is 2.43. The molecule has 0 amide bonds. The monoisotopic (exact) mass is 233 g/mol. The van der Waals surface area contributed by atoms with Gasteiger partial charge in [0.05, 0.1) is 0 Å². The molecule has 0 radical (unpaired) electrons. The first kappa shape index (κ1) is 14.9. The maximum Gasteiger partial charge on any atom is 0.244 e.